The van der Waals surface area contributed by atoms with E-state index in [1.807, 2.05) is 0 Å². The number of aliphatic carboxylic acids is 1. The van der Waals surface area contributed by atoms with Gasteiger partial charge >= 0.3 is 5.97 Å². The molecule has 1 aliphatic rings. The van der Waals surface area contributed by atoms with Crippen molar-refractivity contribution in [3.63, 3.8) is 0 Å². The Kier molecular flexibility index (Phi) is 6.13. The molecule has 0 aromatic heterocycles. The molecule has 6 nitrogen and oxygen atoms in total. The summed E-state index contributed by atoms with van der Waals surface area (Å²) in [5.41, 5.74) is -0.605. The standard InChI is InChI=1S/C15H21NO5S/c1-5-7-12-13(8-6-2)21-11(10-16(12)22(19)20)9-15(3,4)14(17)18/h5-8,11H,1-2,9-10H2,3-4H3,(H,17,18)(H,19,20)/b12-7+,13-8+/t11-/m0/s1. The van der Waals surface area contributed by atoms with E-state index in [1.165, 1.54) is 16.5 Å². The van der Waals surface area contributed by atoms with Gasteiger partial charge in [-0.15, -0.1) is 0 Å². The zero-order valence-corrected chi connectivity index (χ0v) is 13.5. The predicted octanol–water partition coefficient (Wildman–Crippen LogP) is 2.46. The number of nitrogens with zero attached hydrogens (tertiary/aromatic N) is 1. The molecule has 1 heterocycles. The number of hydrogen-bond donors (Lipinski definition) is 2. The van der Waals surface area contributed by atoms with E-state index in [4.69, 9.17) is 4.74 Å². The normalized spacial score (nSPS) is 24.0. The van der Waals surface area contributed by atoms with Crippen molar-refractivity contribution in [2.75, 3.05) is 6.54 Å². The molecule has 0 amide bonds. The number of allylic oxidation sites excluding steroid dienone is 4. The summed E-state index contributed by atoms with van der Waals surface area (Å²) in [7, 11) is 0. The monoisotopic (exact) mass is 327 g/mol. The van der Waals surface area contributed by atoms with Crippen molar-refractivity contribution in [3.05, 3.63) is 48.9 Å². The van der Waals surface area contributed by atoms with Crippen molar-refractivity contribution in [1.29, 1.82) is 0 Å². The van der Waals surface area contributed by atoms with E-state index in [-0.39, 0.29) is 13.0 Å². The molecule has 7 heteroatoms. The number of rotatable bonds is 6. The Hall–Kier alpha value is -1.86. The molecule has 0 saturated carbocycles. The first-order valence-electron chi connectivity index (χ1n) is 6.67. The summed E-state index contributed by atoms with van der Waals surface area (Å²) in [4.78, 5) is 11.3. The second-order valence-corrected chi connectivity index (χ2v) is 6.38. The lowest BCUT2D eigenvalue weighted by molar-refractivity contribution is -0.149. The first kappa shape index (κ1) is 18.2. The fourth-order valence-corrected chi connectivity index (χ4v) is 2.72. The maximum atomic E-state index is 11.6. The van der Waals surface area contributed by atoms with Gasteiger partial charge in [-0.1, -0.05) is 25.3 Å². The zero-order valence-electron chi connectivity index (χ0n) is 12.7. The van der Waals surface area contributed by atoms with E-state index in [1.54, 1.807) is 26.0 Å². The van der Waals surface area contributed by atoms with Crippen molar-refractivity contribution in [2.45, 2.75) is 26.4 Å². The fourth-order valence-electron chi connectivity index (χ4n) is 2.10. The minimum absolute atomic E-state index is 0.105. The van der Waals surface area contributed by atoms with Crippen molar-refractivity contribution < 1.29 is 23.4 Å². The predicted molar refractivity (Wildman–Crippen MR) is 84.9 cm³/mol. The number of carbonyl (C=O) groups is 1. The molecule has 0 aliphatic carbocycles. The summed E-state index contributed by atoms with van der Waals surface area (Å²) >= 11 is -2.25. The van der Waals surface area contributed by atoms with Crippen LogP contribution in [0.25, 0.3) is 0 Å². The van der Waals surface area contributed by atoms with Crippen LogP contribution < -0.4 is 0 Å². The van der Waals surface area contributed by atoms with Gasteiger partial charge in [-0.25, -0.2) is 4.21 Å². The first-order valence-corrected chi connectivity index (χ1v) is 7.73. The lowest BCUT2D eigenvalue weighted by Crippen LogP contribution is -2.43. The molecule has 0 bridgehead atoms. The fraction of sp³-hybridized carbons (Fsp3) is 0.400. The van der Waals surface area contributed by atoms with E-state index in [9.17, 15) is 18.7 Å². The third kappa shape index (κ3) is 4.32. The largest absolute Gasteiger partial charge is 0.486 e. The van der Waals surface area contributed by atoms with Crippen LogP contribution in [0.1, 0.15) is 20.3 Å². The molecule has 0 spiro atoms. The third-order valence-corrected chi connectivity index (χ3v) is 3.96. The van der Waals surface area contributed by atoms with Crippen LogP contribution in [-0.4, -0.2) is 36.8 Å². The van der Waals surface area contributed by atoms with Crippen LogP contribution in [0.3, 0.4) is 0 Å². The quantitative estimate of drug-likeness (QED) is 0.732. The molecule has 1 fully saturated rings. The molecule has 22 heavy (non-hydrogen) atoms. The Morgan fingerprint density at radius 1 is 1.45 bits per heavy atom. The van der Waals surface area contributed by atoms with Gasteiger partial charge in [0.2, 0.25) is 0 Å². The van der Waals surface area contributed by atoms with Crippen molar-refractivity contribution in [1.82, 2.24) is 4.31 Å². The summed E-state index contributed by atoms with van der Waals surface area (Å²) in [6.45, 7) is 10.4. The minimum Gasteiger partial charge on any atom is -0.486 e. The van der Waals surface area contributed by atoms with Crippen molar-refractivity contribution >= 4 is 17.2 Å². The van der Waals surface area contributed by atoms with Gasteiger partial charge in [0, 0.05) is 6.42 Å². The van der Waals surface area contributed by atoms with Gasteiger partial charge < -0.3 is 9.84 Å². The smallest absolute Gasteiger partial charge is 0.309 e. The minimum atomic E-state index is -2.25. The second kappa shape index (κ2) is 7.42. The maximum Gasteiger partial charge on any atom is 0.309 e. The van der Waals surface area contributed by atoms with Crippen LogP contribution in [0.4, 0.5) is 0 Å². The van der Waals surface area contributed by atoms with Crippen LogP contribution in [0.5, 0.6) is 0 Å². The van der Waals surface area contributed by atoms with Gasteiger partial charge in [0.1, 0.15) is 11.9 Å². The molecule has 0 radical (unpaired) electrons. The van der Waals surface area contributed by atoms with Gasteiger partial charge in [0.25, 0.3) is 11.3 Å². The Bertz CT molecular complexity index is 550. The molecule has 0 aromatic carbocycles. The topological polar surface area (TPSA) is 87.1 Å². The summed E-state index contributed by atoms with van der Waals surface area (Å²) in [6.07, 6.45) is 5.77. The van der Waals surface area contributed by atoms with E-state index < -0.39 is 28.8 Å². The van der Waals surface area contributed by atoms with Crippen LogP contribution in [0, 0.1) is 5.41 Å². The van der Waals surface area contributed by atoms with Crippen LogP contribution >= 0.6 is 0 Å². The van der Waals surface area contributed by atoms with Gasteiger partial charge in [-0.3, -0.25) is 13.7 Å². The average molecular weight is 327 g/mol. The lowest BCUT2D eigenvalue weighted by Gasteiger charge is -2.37. The van der Waals surface area contributed by atoms with Crippen LogP contribution in [0.15, 0.2) is 48.9 Å². The van der Waals surface area contributed by atoms with Crippen LogP contribution in [-0.2, 0) is 20.8 Å². The highest BCUT2D eigenvalue weighted by atomic mass is 32.2. The summed E-state index contributed by atoms with van der Waals surface area (Å²) in [6, 6.07) is 0. The summed E-state index contributed by atoms with van der Waals surface area (Å²) in [5.74, 6) is -0.593. The molecular weight excluding hydrogens is 306 g/mol. The highest BCUT2D eigenvalue weighted by molar-refractivity contribution is 7.76. The summed E-state index contributed by atoms with van der Waals surface area (Å²) < 4.78 is 28.1. The Labute approximate surface area is 132 Å². The highest BCUT2D eigenvalue weighted by Crippen LogP contribution is 2.32. The first-order chi connectivity index (χ1) is 10.2. The molecule has 2 atom stereocenters. The number of carboxylic acid groups (broad SMARTS) is 1. The third-order valence-electron chi connectivity index (χ3n) is 3.23. The molecule has 1 aliphatic heterocycles. The van der Waals surface area contributed by atoms with E-state index in [0.717, 1.165) is 0 Å². The molecule has 1 rings (SSSR count). The lowest BCUT2D eigenvalue weighted by atomic mass is 9.86. The highest BCUT2D eigenvalue weighted by Gasteiger charge is 2.37. The number of carboxylic acids is 1. The molecule has 122 valence electrons. The Morgan fingerprint density at radius 2 is 2.05 bits per heavy atom. The Morgan fingerprint density at radius 3 is 2.50 bits per heavy atom. The van der Waals surface area contributed by atoms with Gasteiger partial charge in [-0.2, -0.15) is 0 Å². The zero-order chi connectivity index (χ0) is 16.9. The summed E-state index contributed by atoms with van der Waals surface area (Å²) in [5, 5.41) is 9.22. The molecule has 2 N–H and O–H groups in total. The molecule has 1 saturated heterocycles. The van der Waals surface area contributed by atoms with E-state index in [0.29, 0.717) is 11.5 Å². The van der Waals surface area contributed by atoms with Gasteiger partial charge in [0.15, 0.2) is 0 Å². The molecular formula is C15H21NO5S. The SMILES string of the molecule is C=C/C=C1/O[C@@H](CC(C)(C)C(=O)O)CN(S(=O)O)/C1=C/C=C. The van der Waals surface area contributed by atoms with Crippen molar-refractivity contribution in [2.24, 2.45) is 5.41 Å². The molecule has 1 unspecified atom stereocenters. The van der Waals surface area contributed by atoms with Crippen molar-refractivity contribution in [3.8, 4) is 0 Å². The molecule has 0 aromatic rings. The number of ether oxygens (including phenoxy) is 1. The van der Waals surface area contributed by atoms with E-state index in [2.05, 4.69) is 13.2 Å². The second-order valence-electron chi connectivity index (χ2n) is 5.48. The maximum absolute atomic E-state index is 11.6. The van der Waals surface area contributed by atoms with E-state index >= 15 is 0 Å². The van der Waals surface area contributed by atoms with Crippen LogP contribution in [0.2, 0.25) is 0 Å². The number of hydrogen-bond acceptors (Lipinski definition) is 3. The Balaban J connectivity index is 3.13. The average Bonchev–Trinajstić information content (AvgIpc) is 2.40. The van der Waals surface area contributed by atoms with Gasteiger partial charge in [0.05, 0.1) is 17.7 Å². The number of morpholine rings is 1. The van der Waals surface area contributed by atoms with Gasteiger partial charge in [-0.05, 0) is 26.0 Å².